The van der Waals surface area contributed by atoms with Crippen LogP contribution < -0.4 is 9.05 Å². The molecule has 94 valence electrons. The van der Waals surface area contributed by atoms with Crippen molar-refractivity contribution in [3.05, 3.63) is 60.7 Å². The molecular weight excluding hydrogens is 247 g/mol. The van der Waals surface area contributed by atoms with Crippen molar-refractivity contribution in [3.8, 4) is 11.5 Å². The summed E-state index contributed by atoms with van der Waals surface area (Å²) in [6.45, 7) is 2.46. The van der Waals surface area contributed by atoms with Gasteiger partial charge in [0.1, 0.15) is 11.5 Å². The Labute approximate surface area is 108 Å². The number of benzene rings is 2. The van der Waals surface area contributed by atoms with Gasteiger partial charge in [-0.2, -0.15) is 0 Å². The molecule has 0 saturated carbocycles. The van der Waals surface area contributed by atoms with Crippen LogP contribution in [-0.2, 0) is 4.52 Å². The quantitative estimate of drug-likeness (QED) is 0.722. The molecule has 18 heavy (non-hydrogen) atoms. The first-order valence-corrected chi connectivity index (χ1v) is 6.87. The van der Waals surface area contributed by atoms with Crippen LogP contribution in [0.5, 0.6) is 11.5 Å². The first kappa shape index (κ1) is 12.9. The van der Waals surface area contributed by atoms with Gasteiger partial charge in [0.15, 0.2) is 0 Å². The largest absolute Gasteiger partial charge is 0.463 e. The zero-order valence-corrected chi connectivity index (χ0v) is 11.0. The van der Waals surface area contributed by atoms with E-state index in [-0.39, 0.29) is 0 Å². The maximum atomic E-state index is 5.68. The second kappa shape index (κ2) is 7.00. The topological polar surface area (TPSA) is 27.7 Å². The summed E-state index contributed by atoms with van der Waals surface area (Å²) in [5.74, 6) is 1.49. The highest BCUT2D eigenvalue weighted by Gasteiger charge is 2.15. The Morgan fingerprint density at radius 3 is 1.61 bits per heavy atom. The normalized spacial score (nSPS) is 10.3. The second-order valence-electron chi connectivity index (χ2n) is 3.45. The van der Waals surface area contributed by atoms with Gasteiger partial charge in [-0.15, -0.1) is 0 Å². The summed E-state index contributed by atoms with van der Waals surface area (Å²) in [5, 5.41) is 0. The minimum Gasteiger partial charge on any atom is -0.418 e. The van der Waals surface area contributed by atoms with Crippen LogP contribution in [0.15, 0.2) is 60.7 Å². The molecule has 4 heteroatoms. The van der Waals surface area contributed by atoms with E-state index < -0.39 is 8.60 Å². The predicted molar refractivity (Wildman–Crippen MR) is 72.7 cm³/mol. The van der Waals surface area contributed by atoms with Gasteiger partial charge in [-0.1, -0.05) is 36.4 Å². The molecule has 2 aromatic carbocycles. The van der Waals surface area contributed by atoms with Crippen LogP contribution in [-0.4, -0.2) is 6.61 Å². The zero-order valence-electron chi connectivity index (χ0n) is 10.2. The molecule has 0 aliphatic rings. The van der Waals surface area contributed by atoms with Crippen LogP contribution in [0.4, 0.5) is 0 Å². The van der Waals surface area contributed by atoms with Crippen molar-refractivity contribution in [1.82, 2.24) is 0 Å². The van der Waals surface area contributed by atoms with E-state index in [0.29, 0.717) is 6.61 Å². The third-order valence-corrected chi connectivity index (χ3v) is 3.27. The zero-order chi connectivity index (χ0) is 12.6. The van der Waals surface area contributed by atoms with Crippen molar-refractivity contribution in [3.63, 3.8) is 0 Å². The van der Waals surface area contributed by atoms with E-state index in [0.717, 1.165) is 11.5 Å². The fourth-order valence-electron chi connectivity index (χ4n) is 1.31. The molecule has 0 heterocycles. The van der Waals surface area contributed by atoms with Crippen molar-refractivity contribution in [2.45, 2.75) is 6.92 Å². The van der Waals surface area contributed by atoms with E-state index in [1.807, 2.05) is 67.6 Å². The Balaban J connectivity index is 2.00. The standard InChI is InChI=1S/C14H15O3P/c1-2-15-18(16-13-9-5-3-6-10-13)17-14-11-7-4-8-12-14/h3-12H,2H2,1H3. The molecule has 0 spiro atoms. The fourth-order valence-corrected chi connectivity index (χ4v) is 2.25. The minimum atomic E-state index is -1.41. The Kier molecular flexibility index (Phi) is 5.00. The van der Waals surface area contributed by atoms with Crippen LogP contribution in [0.1, 0.15) is 6.92 Å². The predicted octanol–water partition coefficient (Wildman–Crippen LogP) is 4.41. The van der Waals surface area contributed by atoms with Crippen LogP contribution in [0.25, 0.3) is 0 Å². The molecule has 3 nitrogen and oxygen atoms in total. The highest BCUT2D eigenvalue weighted by Crippen LogP contribution is 2.41. The molecule has 0 unspecified atom stereocenters. The Morgan fingerprint density at radius 2 is 1.22 bits per heavy atom. The van der Waals surface area contributed by atoms with Gasteiger partial charge in [-0.25, -0.2) is 0 Å². The number of para-hydroxylation sites is 2. The molecule has 0 amide bonds. The highest BCUT2D eigenvalue weighted by atomic mass is 31.2. The van der Waals surface area contributed by atoms with E-state index in [4.69, 9.17) is 13.6 Å². The average molecular weight is 262 g/mol. The number of hydrogen-bond acceptors (Lipinski definition) is 3. The number of hydrogen-bond donors (Lipinski definition) is 0. The van der Waals surface area contributed by atoms with E-state index in [9.17, 15) is 0 Å². The molecule has 0 atom stereocenters. The first-order chi connectivity index (χ1) is 8.88. The van der Waals surface area contributed by atoms with E-state index in [1.54, 1.807) is 0 Å². The maximum absolute atomic E-state index is 5.68. The third-order valence-electron chi connectivity index (χ3n) is 2.08. The lowest BCUT2D eigenvalue weighted by atomic mass is 10.3. The van der Waals surface area contributed by atoms with Crippen LogP contribution in [0.3, 0.4) is 0 Å². The Hall–Kier alpha value is -1.57. The highest BCUT2D eigenvalue weighted by molar-refractivity contribution is 7.42. The van der Waals surface area contributed by atoms with Crippen molar-refractivity contribution in [2.75, 3.05) is 6.61 Å². The first-order valence-electron chi connectivity index (χ1n) is 5.77. The third kappa shape index (κ3) is 4.02. The van der Waals surface area contributed by atoms with Gasteiger partial charge in [-0.3, -0.25) is 4.52 Å². The summed E-state index contributed by atoms with van der Waals surface area (Å²) < 4.78 is 16.8. The van der Waals surface area contributed by atoms with Crippen molar-refractivity contribution < 1.29 is 13.6 Å². The van der Waals surface area contributed by atoms with Gasteiger partial charge in [-0.05, 0) is 31.2 Å². The van der Waals surface area contributed by atoms with Crippen LogP contribution in [0, 0.1) is 0 Å². The van der Waals surface area contributed by atoms with Crippen molar-refractivity contribution in [2.24, 2.45) is 0 Å². The molecule has 0 N–H and O–H groups in total. The van der Waals surface area contributed by atoms with Crippen molar-refractivity contribution >= 4 is 8.60 Å². The lowest BCUT2D eigenvalue weighted by molar-refractivity contribution is 0.280. The van der Waals surface area contributed by atoms with E-state index in [1.165, 1.54) is 0 Å². The van der Waals surface area contributed by atoms with Gasteiger partial charge >= 0.3 is 8.60 Å². The van der Waals surface area contributed by atoms with Crippen LogP contribution >= 0.6 is 8.60 Å². The Morgan fingerprint density at radius 1 is 0.778 bits per heavy atom. The smallest absolute Gasteiger partial charge is 0.418 e. The fraction of sp³-hybridized carbons (Fsp3) is 0.143. The van der Waals surface area contributed by atoms with Gasteiger partial charge in [0.2, 0.25) is 0 Å². The maximum Gasteiger partial charge on any atom is 0.463 e. The second-order valence-corrected chi connectivity index (χ2v) is 4.52. The molecule has 0 aliphatic carbocycles. The lowest BCUT2D eigenvalue weighted by Crippen LogP contribution is -1.99. The van der Waals surface area contributed by atoms with Gasteiger partial charge < -0.3 is 9.05 Å². The van der Waals surface area contributed by atoms with Crippen molar-refractivity contribution in [1.29, 1.82) is 0 Å². The molecule has 0 saturated heterocycles. The SMILES string of the molecule is CCOP(Oc1ccccc1)Oc1ccccc1. The average Bonchev–Trinajstić information content (AvgIpc) is 2.41. The molecule has 0 radical (unpaired) electrons. The Bertz CT molecular complexity index is 406. The molecule has 0 fully saturated rings. The van der Waals surface area contributed by atoms with Gasteiger partial charge in [0, 0.05) is 0 Å². The molecule has 2 aromatic rings. The summed E-state index contributed by atoms with van der Waals surface area (Å²) in [7, 11) is -1.41. The van der Waals surface area contributed by atoms with E-state index in [2.05, 4.69) is 0 Å². The van der Waals surface area contributed by atoms with Crippen LogP contribution in [0.2, 0.25) is 0 Å². The monoisotopic (exact) mass is 262 g/mol. The summed E-state index contributed by atoms with van der Waals surface area (Å²) >= 11 is 0. The summed E-state index contributed by atoms with van der Waals surface area (Å²) in [6, 6.07) is 19.0. The molecule has 2 rings (SSSR count). The summed E-state index contributed by atoms with van der Waals surface area (Å²) in [4.78, 5) is 0. The molecule has 0 bridgehead atoms. The number of rotatable bonds is 6. The van der Waals surface area contributed by atoms with E-state index >= 15 is 0 Å². The molecular formula is C14H15O3P. The molecule has 0 aliphatic heterocycles. The molecule has 0 aromatic heterocycles. The van der Waals surface area contributed by atoms with Gasteiger partial charge in [0.05, 0.1) is 6.61 Å². The van der Waals surface area contributed by atoms with Gasteiger partial charge in [0.25, 0.3) is 0 Å². The summed E-state index contributed by atoms with van der Waals surface area (Å²) in [6.07, 6.45) is 0. The lowest BCUT2D eigenvalue weighted by Gasteiger charge is -2.16. The minimum absolute atomic E-state index is 0.547. The summed E-state index contributed by atoms with van der Waals surface area (Å²) in [5.41, 5.74) is 0.